The third-order valence-electron chi connectivity index (χ3n) is 6.38. The molecule has 2 fully saturated rings. The van der Waals surface area contributed by atoms with Crippen molar-refractivity contribution >= 4 is 44.5 Å². The minimum atomic E-state index is -3.19. The molecule has 0 aliphatic carbocycles. The Morgan fingerprint density at radius 3 is 2.34 bits per heavy atom. The number of fused-ring (bicyclic) bond motifs is 1. The van der Waals surface area contributed by atoms with Gasteiger partial charge >= 0.3 is 6.09 Å². The Morgan fingerprint density at radius 2 is 1.74 bits per heavy atom. The fourth-order valence-corrected chi connectivity index (χ4v) is 8.48. The molecule has 0 bridgehead atoms. The molecule has 2 aromatic carbocycles. The van der Waals surface area contributed by atoms with E-state index >= 15 is 0 Å². The highest BCUT2D eigenvalue weighted by molar-refractivity contribution is 8.16. The zero-order valence-corrected chi connectivity index (χ0v) is 24.0. The SMILES string of the molecule is CC(C)c1ccc(N2C(=NC(=O)[C@@H](Cc3ccccc3)NC(=O)OC(C)(C)C)S[C@@H]3CS(=O)(=O)C[C@H]32)cc1. The molecular weight excluding hydrogens is 522 g/mol. The van der Waals surface area contributed by atoms with E-state index in [1.54, 1.807) is 20.8 Å². The summed E-state index contributed by atoms with van der Waals surface area (Å²) in [5.41, 5.74) is 2.10. The summed E-state index contributed by atoms with van der Waals surface area (Å²) in [5.74, 6) is -0.120. The summed E-state index contributed by atoms with van der Waals surface area (Å²) in [5, 5.41) is 2.92. The van der Waals surface area contributed by atoms with Crippen LogP contribution >= 0.6 is 11.8 Å². The third kappa shape index (κ3) is 6.96. The first-order chi connectivity index (χ1) is 17.8. The number of sulfone groups is 1. The predicted molar refractivity (Wildman–Crippen MR) is 153 cm³/mol. The third-order valence-corrected chi connectivity index (χ3v) is 9.59. The predicted octanol–water partition coefficient (Wildman–Crippen LogP) is 4.55. The maximum absolute atomic E-state index is 13.6. The van der Waals surface area contributed by atoms with Gasteiger partial charge in [-0.15, -0.1) is 0 Å². The second-order valence-corrected chi connectivity index (χ2v) is 14.4. The minimum absolute atomic E-state index is 0.00735. The quantitative estimate of drug-likeness (QED) is 0.556. The molecule has 0 saturated carbocycles. The molecular formula is C28H35N3O5S2. The van der Waals surface area contributed by atoms with E-state index in [1.807, 2.05) is 59.5 Å². The second-order valence-electron chi connectivity index (χ2n) is 11.0. The van der Waals surface area contributed by atoms with Gasteiger partial charge in [-0.25, -0.2) is 13.2 Å². The highest BCUT2D eigenvalue weighted by Crippen LogP contribution is 2.41. The van der Waals surface area contributed by atoms with E-state index in [-0.39, 0.29) is 29.2 Å². The first-order valence-electron chi connectivity index (χ1n) is 12.7. The van der Waals surface area contributed by atoms with Gasteiger partial charge in [0.2, 0.25) is 0 Å². The van der Waals surface area contributed by atoms with Crippen molar-refractivity contribution < 1.29 is 22.7 Å². The van der Waals surface area contributed by atoms with Gasteiger partial charge in [-0.1, -0.05) is 68.1 Å². The van der Waals surface area contributed by atoms with Crippen molar-refractivity contribution in [1.82, 2.24) is 5.32 Å². The number of ether oxygens (including phenoxy) is 1. The number of nitrogens with zero attached hydrogens (tertiary/aromatic N) is 2. The number of aliphatic imine (C=N–C) groups is 1. The molecule has 2 aliphatic rings. The molecule has 2 heterocycles. The number of thioether (sulfide) groups is 1. The van der Waals surface area contributed by atoms with Crippen molar-refractivity contribution in [3.63, 3.8) is 0 Å². The number of amidine groups is 1. The first kappa shape index (κ1) is 28.2. The Balaban J connectivity index is 1.65. The molecule has 4 rings (SSSR count). The monoisotopic (exact) mass is 557 g/mol. The Kier molecular flexibility index (Phi) is 8.23. The summed E-state index contributed by atoms with van der Waals surface area (Å²) >= 11 is 1.31. The number of amides is 2. The van der Waals surface area contributed by atoms with Crippen molar-refractivity contribution in [2.75, 3.05) is 16.4 Å². The number of carbonyl (C=O) groups excluding carboxylic acids is 2. The Labute approximate surface area is 229 Å². The summed E-state index contributed by atoms with van der Waals surface area (Å²) in [7, 11) is -3.19. The lowest BCUT2D eigenvalue weighted by molar-refractivity contribution is -0.119. The van der Waals surface area contributed by atoms with Gasteiger partial charge in [0.1, 0.15) is 11.6 Å². The molecule has 0 aromatic heterocycles. The summed E-state index contributed by atoms with van der Waals surface area (Å²) in [6.07, 6.45) is -0.458. The molecule has 8 nitrogen and oxygen atoms in total. The molecule has 2 saturated heterocycles. The number of nitrogens with one attached hydrogen (secondary N) is 1. The van der Waals surface area contributed by atoms with Crippen molar-refractivity contribution in [2.24, 2.45) is 4.99 Å². The number of benzene rings is 2. The van der Waals surface area contributed by atoms with Gasteiger partial charge in [-0.3, -0.25) is 4.79 Å². The standard InChI is InChI=1S/C28H35N3O5S2/c1-18(2)20-11-13-21(14-12-20)31-23-16-38(34,35)17-24(23)37-26(31)30-25(32)22(15-19-9-7-6-8-10-19)29-27(33)36-28(3,4)5/h6-14,18,22-24H,15-17H2,1-5H3,(H,29,33)/t22-,23-,24-/m1/s1. The van der Waals surface area contributed by atoms with Crippen molar-refractivity contribution in [3.05, 3.63) is 65.7 Å². The highest BCUT2D eigenvalue weighted by atomic mass is 32.2. The Bertz CT molecular complexity index is 1300. The number of hydrogen-bond donors (Lipinski definition) is 1. The van der Waals surface area contributed by atoms with Crippen LogP contribution in [0.5, 0.6) is 0 Å². The van der Waals surface area contributed by atoms with Crippen LogP contribution in [0.1, 0.15) is 51.7 Å². The molecule has 1 N–H and O–H groups in total. The lowest BCUT2D eigenvalue weighted by atomic mass is 10.0. The normalized spacial score (nSPS) is 22.4. The van der Waals surface area contributed by atoms with Crippen LogP contribution in [0.25, 0.3) is 0 Å². The molecule has 0 spiro atoms. The number of anilines is 1. The smallest absolute Gasteiger partial charge is 0.408 e. The van der Waals surface area contributed by atoms with Crippen molar-refractivity contribution in [1.29, 1.82) is 0 Å². The average molecular weight is 558 g/mol. The molecule has 2 amide bonds. The summed E-state index contributed by atoms with van der Waals surface area (Å²) in [6.45, 7) is 9.48. The van der Waals surface area contributed by atoms with Crippen LogP contribution in [0, 0.1) is 0 Å². The summed E-state index contributed by atoms with van der Waals surface area (Å²) in [4.78, 5) is 32.5. The number of carbonyl (C=O) groups is 2. The summed E-state index contributed by atoms with van der Waals surface area (Å²) < 4.78 is 30.3. The molecule has 204 valence electrons. The lowest BCUT2D eigenvalue weighted by Crippen LogP contribution is -2.45. The largest absolute Gasteiger partial charge is 0.444 e. The van der Waals surface area contributed by atoms with Gasteiger partial charge in [0.15, 0.2) is 15.0 Å². The Hall–Kier alpha value is -2.85. The van der Waals surface area contributed by atoms with E-state index in [4.69, 9.17) is 4.74 Å². The summed E-state index contributed by atoms with van der Waals surface area (Å²) in [6, 6.07) is 16.0. The molecule has 0 radical (unpaired) electrons. The van der Waals surface area contributed by atoms with E-state index in [9.17, 15) is 18.0 Å². The maximum Gasteiger partial charge on any atom is 0.408 e. The molecule has 2 aliphatic heterocycles. The fourth-order valence-electron chi connectivity index (χ4n) is 4.56. The van der Waals surface area contributed by atoms with Crippen LogP contribution in [0.2, 0.25) is 0 Å². The van der Waals surface area contributed by atoms with Gasteiger partial charge in [0.25, 0.3) is 5.91 Å². The van der Waals surface area contributed by atoms with Crippen molar-refractivity contribution in [3.8, 4) is 0 Å². The van der Waals surface area contributed by atoms with Crippen LogP contribution in [-0.4, -0.2) is 60.0 Å². The molecule has 10 heteroatoms. The van der Waals surface area contributed by atoms with E-state index in [0.29, 0.717) is 11.1 Å². The second kappa shape index (κ2) is 11.1. The van der Waals surface area contributed by atoms with Crippen LogP contribution in [0.3, 0.4) is 0 Å². The van der Waals surface area contributed by atoms with Crippen LogP contribution in [0.4, 0.5) is 10.5 Å². The van der Waals surface area contributed by atoms with Crippen molar-refractivity contribution in [2.45, 2.75) is 69.9 Å². The van der Waals surface area contributed by atoms with E-state index < -0.39 is 33.5 Å². The number of alkyl carbamates (subject to hydrolysis) is 1. The van der Waals surface area contributed by atoms with Gasteiger partial charge < -0.3 is 15.0 Å². The van der Waals surface area contributed by atoms with Crippen LogP contribution in [0.15, 0.2) is 59.6 Å². The highest BCUT2D eigenvalue weighted by Gasteiger charge is 2.49. The van der Waals surface area contributed by atoms with E-state index in [1.165, 1.54) is 11.8 Å². The zero-order chi connectivity index (χ0) is 27.7. The number of hydrogen-bond acceptors (Lipinski definition) is 6. The molecule has 38 heavy (non-hydrogen) atoms. The van der Waals surface area contributed by atoms with Gasteiger partial charge in [-0.05, 0) is 49.9 Å². The average Bonchev–Trinajstić information content (AvgIpc) is 3.28. The topological polar surface area (TPSA) is 105 Å². The fraction of sp³-hybridized carbons (Fsp3) is 0.464. The molecule has 3 atom stereocenters. The van der Waals surface area contributed by atoms with Crippen LogP contribution < -0.4 is 10.2 Å². The number of rotatable bonds is 6. The zero-order valence-electron chi connectivity index (χ0n) is 22.4. The van der Waals surface area contributed by atoms with Gasteiger partial charge in [-0.2, -0.15) is 4.99 Å². The van der Waals surface area contributed by atoms with E-state index in [0.717, 1.165) is 16.8 Å². The maximum atomic E-state index is 13.6. The van der Waals surface area contributed by atoms with Gasteiger partial charge in [0, 0.05) is 17.4 Å². The first-order valence-corrected chi connectivity index (χ1v) is 15.4. The Morgan fingerprint density at radius 1 is 1.08 bits per heavy atom. The van der Waals surface area contributed by atoms with E-state index in [2.05, 4.69) is 24.2 Å². The van der Waals surface area contributed by atoms with Gasteiger partial charge in [0.05, 0.1) is 17.5 Å². The van der Waals surface area contributed by atoms with Crippen LogP contribution in [-0.2, 0) is 25.8 Å². The molecule has 2 aromatic rings. The lowest BCUT2D eigenvalue weighted by Gasteiger charge is -2.26. The molecule has 0 unspecified atom stereocenters. The minimum Gasteiger partial charge on any atom is -0.444 e.